The summed E-state index contributed by atoms with van der Waals surface area (Å²) in [5.41, 5.74) is -11.8. The molecule has 1 aromatic heterocycles. The molecule has 42 heavy (non-hydrogen) atoms. The van der Waals surface area contributed by atoms with E-state index in [1.165, 1.54) is 0 Å². The number of nitrogens with zero attached hydrogens (tertiary/aromatic N) is 2. The molecule has 2 amide bonds. The molecule has 226 valence electrons. The van der Waals surface area contributed by atoms with Crippen LogP contribution in [0, 0.1) is 11.8 Å². The number of hydrogen-bond donors (Lipinski definition) is 2. The van der Waals surface area contributed by atoms with Gasteiger partial charge >= 0.3 is 24.6 Å². The average Bonchev–Trinajstić information content (AvgIpc) is 2.88. The normalized spacial score (nSPS) is 12.3. The second-order valence-electron chi connectivity index (χ2n) is 7.94. The van der Waals surface area contributed by atoms with Gasteiger partial charge in [-0.25, -0.2) is 13.8 Å². The third-order valence-electron chi connectivity index (χ3n) is 5.31. The molecule has 0 spiro atoms. The van der Waals surface area contributed by atoms with Gasteiger partial charge in [0.25, 0.3) is 11.8 Å². The number of alkyl halides is 9. The highest BCUT2D eigenvalue weighted by atomic mass is 79.9. The van der Waals surface area contributed by atoms with Crippen LogP contribution in [0.25, 0.3) is 0 Å². The van der Waals surface area contributed by atoms with Crippen molar-refractivity contribution in [2.24, 2.45) is 0 Å². The first-order valence-electron chi connectivity index (χ1n) is 10.7. The Balaban J connectivity index is 2.04. The van der Waals surface area contributed by atoms with E-state index in [2.05, 4.69) is 25.7 Å². The zero-order valence-electron chi connectivity index (χ0n) is 19.8. The molecule has 0 radical (unpaired) electrons. The minimum absolute atomic E-state index is 0.118. The third-order valence-corrected chi connectivity index (χ3v) is 5.93. The zero-order valence-corrected chi connectivity index (χ0v) is 21.4. The molecule has 0 aliphatic heterocycles. The van der Waals surface area contributed by atoms with Crippen LogP contribution < -0.4 is 15.1 Å². The van der Waals surface area contributed by atoms with Crippen molar-refractivity contribution in [1.82, 2.24) is 4.98 Å². The third kappa shape index (κ3) is 6.25. The van der Waals surface area contributed by atoms with Gasteiger partial charge in [0.1, 0.15) is 5.69 Å². The van der Waals surface area contributed by atoms with Crippen molar-refractivity contribution in [3.05, 3.63) is 81.6 Å². The summed E-state index contributed by atoms with van der Waals surface area (Å²) < 4.78 is 151. The largest absolute Gasteiger partial charge is 0.435 e. The number of carbonyl (C=O) groups excluding carboxylic acids is 2. The summed E-state index contributed by atoms with van der Waals surface area (Å²) in [5.74, 6) is -7.18. The lowest BCUT2D eigenvalue weighted by molar-refractivity contribution is -0.348. The molecule has 0 bridgehead atoms. The second kappa shape index (κ2) is 11.7. The van der Waals surface area contributed by atoms with Crippen LogP contribution in [0.3, 0.4) is 0 Å². The molecule has 3 rings (SSSR count). The van der Waals surface area contributed by atoms with Crippen molar-refractivity contribution in [2.75, 3.05) is 10.4 Å². The number of ether oxygens (including phenoxy) is 1. The SMILES string of the molecule is O=C(Nc1c(Br)cc(C(F)(C(F)(F)F)C(F)(F)F)cc1OC(F)F)c1cccc(N(O)C(=O)c2ccc(F)nc2)c1F. The quantitative estimate of drug-likeness (QED) is 0.118. The summed E-state index contributed by atoms with van der Waals surface area (Å²) in [7, 11) is 0. The van der Waals surface area contributed by atoms with Gasteiger partial charge in [-0.3, -0.25) is 14.8 Å². The molecule has 0 saturated carbocycles. The molecule has 0 unspecified atom stereocenters. The average molecular weight is 682 g/mol. The Hall–Kier alpha value is -4.00. The number of anilines is 2. The standard InChI is InChI=1S/C23H11BrF11N3O4/c24-12-6-10(21(29,22(30,31)32)23(33,34)35)7-14(42-20(27)28)17(12)37-18(39)11-2-1-3-13(16(11)26)38(41)19(40)9-4-5-15(25)36-8-9/h1-8,20,41H,(H,37,39). The molecule has 0 aliphatic rings. The molecule has 2 N–H and O–H groups in total. The van der Waals surface area contributed by atoms with Crippen LogP contribution in [0.4, 0.5) is 59.7 Å². The molecular formula is C23H11BrF11N3O4. The molecule has 0 saturated heterocycles. The summed E-state index contributed by atoms with van der Waals surface area (Å²) >= 11 is 2.46. The van der Waals surface area contributed by atoms with Crippen LogP contribution in [0.15, 0.2) is 53.1 Å². The lowest BCUT2D eigenvalue weighted by atomic mass is 9.93. The Morgan fingerprint density at radius 1 is 0.976 bits per heavy atom. The summed E-state index contributed by atoms with van der Waals surface area (Å²) in [6.07, 6.45) is -12.6. The van der Waals surface area contributed by atoms with Gasteiger partial charge in [0.15, 0.2) is 11.6 Å². The first-order valence-corrected chi connectivity index (χ1v) is 11.4. The number of halogens is 12. The van der Waals surface area contributed by atoms with Gasteiger partial charge < -0.3 is 10.1 Å². The Morgan fingerprint density at radius 2 is 1.60 bits per heavy atom. The summed E-state index contributed by atoms with van der Waals surface area (Å²) in [5, 5.41) is 11.6. The molecule has 1 heterocycles. The van der Waals surface area contributed by atoms with Gasteiger partial charge in [-0.15, -0.1) is 0 Å². The van der Waals surface area contributed by atoms with E-state index in [4.69, 9.17) is 0 Å². The van der Waals surface area contributed by atoms with Gasteiger partial charge in [0, 0.05) is 16.2 Å². The molecule has 7 nitrogen and oxygen atoms in total. The number of hydroxylamine groups is 1. The maximum atomic E-state index is 15.2. The van der Waals surface area contributed by atoms with Gasteiger partial charge in [-0.1, -0.05) is 6.07 Å². The van der Waals surface area contributed by atoms with Crippen molar-refractivity contribution in [3.8, 4) is 5.75 Å². The van der Waals surface area contributed by atoms with E-state index < -0.39 is 86.5 Å². The van der Waals surface area contributed by atoms with Crippen LogP contribution in [-0.2, 0) is 5.67 Å². The van der Waals surface area contributed by atoms with E-state index in [1.807, 2.05) is 0 Å². The van der Waals surface area contributed by atoms with E-state index in [-0.39, 0.29) is 17.2 Å². The number of hydrogen-bond acceptors (Lipinski definition) is 5. The van der Waals surface area contributed by atoms with Crippen molar-refractivity contribution in [3.63, 3.8) is 0 Å². The molecule has 0 aliphatic carbocycles. The van der Waals surface area contributed by atoms with Crippen LogP contribution in [0.2, 0.25) is 0 Å². The highest BCUT2D eigenvalue weighted by Crippen LogP contribution is 2.55. The number of amides is 2. The zero-order chi connectivity index (χ0) is 31.8. The van der Waals surface area contributed by atoms with E-state index in [0.29, 0.717) is 6.20 Å². The maximum absolute atomic E-state index is 15.2. The van der Waals surface area contributed by atoms with Crippen molar-refractivity contribution >= 4 is 39.1 Å². The highest BCUT2D eigenvalue weighted by Gasteiger charge is 2.73. The predicted octanol–water partition coefficient (Wildman–Crippen LogP) is 7.30. The van der Waals surface area contributed by atoms with E-state index in [9.17, 15) is 58.7 Å². The lowest BCUT2D eigenvalue weighted by Crippen LogP contribution is -2.50. The smallest absolute Gasteiger partial charge is 0.433 e. The van der Waals surface area contributed by atoms with Gasteiger partial charge in [-0.05, 0) is 52.3 Å². The highest BCUT2D eigenvalue weighted by molar-refractivity contribution is 9.10. The first-order chi connectivity index (χ1) is 19.3. The summed E-state index contributed by atoms with van der Waals surface area (Å²) in [4.78, 5) is 28.4. The lowest BCUT2D eigenvalue weighted by Gasteiger charge is -2.31. The minimum Gasteiger partial charge on any atom is -0.433 e. The van der Waals surface area contributed by atoms with E-state index in [1.54, 1.807) is 5.32 Å². The van der Waals surface area contributed by atoms with Crippen molar-refractivity contribution < 1.29 is 67.8 Å². The Morgan fingerprint density at radius 3 is 2.12 bits per heavy atom. The summed E-state index contributed by atoms with van der Waals surface area (Å²) in [6, 6.07) is 3.52. The molecule has 2 aromatic carbocycles. The topological polar surface area (TPSA) is 91.8 Å². The van der Waals surface area contributed by atoms with E-state index >= 15 is 4.39 Å². The Bertz CT molecular complexity index is 1480. The molecule has 0 fully saturated rings. The minimum atomic E-state index is -6.63. The van der Waals surface area contributed by atoms with Gasteiger partial charge in [0.05, 0.1) is 16.8 Å². The number of rotatable bonds is 7. The predicted molar refractivity (Wildman–Crippen MR) is 123 cm³/mol. The van der Waals surface area contributed by atoms with Crippen LogP contribution in [0.5, 0.6) is 5.75 Å². The van der Waals surface area contributed by atoms with Crippen molar-refractivity contribution in [1.29, 1.82) is 0 Å². The van der Waals surface area contributed by atoms with Crippen molar-refractivity contribution in [2.45, 2.75) is 24.6 Å². The Kier molecular flexibility index (Phi) is 9.06. The molecule has 19 heteroatoms. The number of benzene rings is 2. The Labute approximate surface area is 234 Å². The molecule has 0 atom stereocenters. The van der Waals surface area contributed by atoms with Gasteiger partial charge in [0.2, 0.25) is 5.95 Å². The number of carbonyl (C=O) groups is 2. The fraction of sp³-hybridized carbons (Fsp3) is 0.174. The van der Waals surface area contributed by atoms with Crippen LogP contribution in [0.1, 0.15) is 26.3 Å². The summed E-state index contributed by atoms with van der Waals surface area (Å²) in [6.45, 7) is -3.91. The van der Waals surface area contributed by atoms with Crippen LogP contribution in [-0.4, -0.2) is 41.0 Å². The first kappa shape index (κ1) is 32.5. The molecule has 3 aromatic rings. The molecular weight excluding hydrogens is 671 g/mol. The fourth-order valence-corrected chi connectivity index (χ4v) is 3.89. The van der Waals surface area contributed by atoms with E-state index in [0.717, 1.165) is 30.3 Å². The monoisotopic (exact) mass is 681 g/mol. The maximum Gasteiger partial charge on any atom is 0.435 e. The second-order valence-corrected chi connectivity index (χ2v) is 8.80. The van der Waals surface area contributed by atoms with Crippen LogP contribution >= 0.6 is 15.9 Å². The number of pyridine rings is 1. The number of nitrogens with one attached hydrogen (secondary N) is 1. The van der Waals surface area contributed by atoms with Gasteiger partial charge in [-0.2, -0.15) is 44.6 Å². The number of aromatic nitrogens is 1. The fourth-order valence-electron chi connectivity index (χ4n) is 3.35.